The van der Waals surface area contributed by atoms with Crippen molar-refractivity contribution in [3.63, 3.8) is 0 Å². The zero-order valence-electron chi connectivity index (χ0n) is 23.8. The molecular weight excluding hydrogens is 486 g/mol. The molecule has 0 heterocycles. The maximum absolute atomic E-state index is 13.9. The van der Waals surface area contributed by atoms with Crippen LogP contribution in [0, 0.1) is 13.8 Å². The van der Waals surface area contributed by atoms with Gasteiger partial charge in [0.1, 0.15) is 23.4 Å². The molecule has 2 atom stereocenters. The minimum atomic E-state index is -1.33. The Hall–Kier alpha value is -3.59. The van der Waals surface area contributed by atoms with Crippen LogP contribution >= 0.6 is 0 Å². The van der Waals surface area contributed by atoms with Crippen molar-refractivity contribution in [2.75, 3.05) is 19.0 Å². The van der Waals surface area contributed by atoms with Crippen LogP contribution in [0.4, 0.5) is 10.5 Å². The van der Waals surface area contributed by atoms with E-state index < -0.39 is 47.7 Å². The summed E-state index contributed by atoms with van der Waals surface area (Å²) in [6, 6.07) is 10.0. The van der Waals surface area contributed by atoms with Gasteiger partial charge in [0.25, 0.3) is 5.91 Å². The first-order valence-corrected chi connectivity index (χ1v) is 12.5. The van der Waals surface area contributed by atoms with Gasteiger partial charge in [0.15, 0.2) is 0 Å². The number of alkyl carbamates (subject to hydrolysis) is 1. The second-order valence-corrected chi connectivity index (χ2v) is 11.2. The number of hydrogen-bond donors (Lipinski definition) is 3. The van der Waals surface area contributed by atoms with E-state index in [2.05, 4.69) is 10.6 Å². The van der Waals surface area contributed by atoms with Gasteiger partial charge in [-0.1, -0.05) is 18.2 Å². The van der Waals surface area contributed by atoms with Crippen LogP contribution < -0.4 is 15.4 Å². The summed E-state index contributed by atoms with van der Waals surface area (Å²) in [6.45, 7) is 13.7. The lowest BCUT2D eigenvalue weighted by Gasteiger charge is -2.43. The molecule has 208 valence electrons. The lowest BCUT2D eigenvalue weighted by molar-refractivity contribution is -0.147. The third kappa shape index (κ3) is 8.21. The van der Waals surface area contributed by atoms with Crippen LogP contribution in [0.3, 0.4) is 0 Å². The molecule has 9 nitrogen and oxygen atoms in total. The number of nitrogens with one attached hydrogen (secondary N) is 2. The number of carbonyl (C=O) groups excluding carboxylic acids is 3. The summed E-state index contributed by atoms with van der Waals surface area (Å²) in [4.78, 5) is 41.6. The normalized spacial score (nSPS) is 13.2. The first-order valence-electron chi connectivity index (χ1n) is 12.5. The van der Waals surface area contributed by atoms with Crippen LogP contribution in [0.2, 0.25) is 0 Å². The Kier molecular flexibility index (Phi) is 9.92. The van der Waals surface area contributed by atoms with E-state index in [9.17, 15) is 19.5 Å². The summed E-state index contributed by atoms with van der Waals surface area (Å²) in [7, 11) is 1.55. The first-order chi connectivity index (χ1) is 17.6. The summed E-state index contributed by atoms with van der Waals surface area (Å²) in [5.41, 5.74) is 1.44. The summed E-state index contributed by atoms with van der Waals surface area (Å²) in [6.07, 6.45) is -0.843. The number of anilines is 1. The van der Waals surface area contributed by atoms with Crippen molar-refractivity contribution in [1.29, 1.82) is 0 Å². The summed E-state index contributed by atoms with van der Waals surface area (Å²) >= 11 is 0. The molecule has 2 aromatic carbocycles. The number of aliphatic hydroxyl groups excluding tert-OH is 1. The Morgan fingerprint density at radius 1 is 0.947 bits per heavy atom. The molecule has 0 saturated carbocycles. The molecule has 3 N–H and O–H groups in total. The van der Waals surface area contributed by atoms with E-state index in [4.69, 9.17) is 9.47 Å². The van der Waals surface area contributed by atoms with Gasteiger partial charge in [0, 0.05) is 11.2 Å². The van der Waals surface area contributed by atoms with Crippen molar-refractivity contribution in [3.05, 3.63) is 59.2 Å². The van der Waals surface area contributed by atoms with Gasteiger partial charge in [-0.2, -0.15) is 0 Å². The number of amides is 3. The number of hydrogen-bond acceptors (Lipinski definition) is 6. The van der Waals surface area contributed by atoms with Gasteiger partial charge < -0.3 is 30.1 Å². The van der Waals surface area contributed by atoms with E-state index in [0.29, 0.717) is 17.0 Å². The Balaban J connectivity index is 2.55. The first kappa shape index (κ1) is 30.6. The van der Waals surface area contributed by atoms with Gasteiger partial charge in [0.2, 0.25) is 5.91 Å². The van der Waals surface area contributed by atoms with Gasteiger partial charge in [-0.25, -0.2) is 4.79 Å². The van der Waals surface area contributed by atoms with Crippen LogP contribution in [0.25, 0.3) is 0 Å². The van der Waals surface area contributed by atoms with Gasteiger partial charge in [-0.15, -0.1) is 0 Å². The van der Waals surface area contributed by atoms with Crippen molar-refractivity contribution < 1.29 is 29.0 Å². The van der Waals surface area contributed by atoms with Gasteiger partial charge >= 0.3 is 6.09 Å². The Bertz CT molecular complexity index is 1130. The predicted octanol–water partition coefficient (Wildman–Crippen LogP) is 4.50. The molecule has 2 aromatic rings. The highest BCUT2D eigenvalue weighted by molar-refractivity contribution is 5.99. The fourth-order valence-corrected chi connectivity index (χ4v) is 3.89. The number of nitrogens with zero attached hydrogens (tertiary/aromatic N) is 1. The van der Waals surface area contributed by atoms with Crippen LogP contribution in [-0.2, 0) is 14.3 Å². The van der Waals surface area contributed by atoms with Crippen molar-refractivity contribution in [2.45, 2.75) is 78.6 Å². The Labute approximate surface area is 225 Å². The standard InChI is InChI=1S/C29H41N3O6/c1-18-10-11-20(16-19(18)2)24(25(34)30-21-12-14-22(37-9)15-13-21)32(28(3,4)5)26(35)23(17-33)31-27(36)38-29(6,7)8/h10-16,23-24,33H,17H2,1-9H3,(H,30,34)(H,31,36). The highest BCUT2D eigenvalue weighted by atomic mass is 16.6. The molecule has 0 aromatic heterocycles. The molecule has 3 amide bonds. The average molecular weight is 528 g/mol. The largest absolute Gasteiger partial charge is 0.497 e. The number of ether oxygens (including phenoxy) is 2. The van der Waals surface area contributed by atoms with Crippen molar-refractivity contribution in [1.82, 2.24) is 10.2 Å². The Morgan fingerprint density at radius 3 is 2.03 bits per heavy atom. The van der Waals surface area contributed by atoms with Crippen molar-refractivity contribution in [3.8, 4) is 5.75 Å². The molecule has 0 bridgehead atoms. The zero-order chi connectivity index (χ0) is 28.8. The Morgan fingerprint density at radius 2 is 1.55 bits per heavy atom. The fraction of sp³-hybridized carbons (Fsp3) is 0.483. The summed E-state index contributed by atoms with van der Waals surface area (Å²) in [5, 5.41) is 15.4. The molecule has 0 aliphatic heterocycles. The minimum Gasteiger partial charge on any atom is -0.497 e. The number of aliphatic hydroxyl groups is 1. The number of aryl methyl sites for hydroxylation is 2. The molecule has 2 rings (SSSR count). The minimum absolute atomic E-state index is 0.448. The lowest BCUT2D eigenvalue weighted by Crippen LogP contribution is -2.59. The van der Waals surface area contributed by atoms with Crippen molar-refractivity contribution >= 4 is 23.6 Å². The highest BCUT2D eigenvalue weighted by Crippen LogP contribution is 2.32. The van der Waals surface area contributed by atoms with Crippen molar-refractivity contribution in [2.24, 2.45) is 0 Å². The maximum Gasteiger partial charge on any atom is 0.408 e. The molecule has 0 radical (unpaired) electrons. The van der Waals surface area contributed by atoms with E-state index in [-0.39, 0.29) is 0 Å². The maximum atomic E-state index is 13.9. The zero-order valence-corrected chi connectivity index (χ0v) is 23.8. The van der Waals surface area contributed by atoms with E-state index >= 15 is 0 Å². The molecular formula is C29H41N3O6. The fourth-order valence-electron chi connectivity index (χ4n) is 3.89. The van der Waals surface area contributed by atoms with Crippen LogP contribution in [-0.4, -0.2) is 58.8 Å². The third-order valence-corrected chi connectivity index (χ3v) is 5.84. The van der Waals surface area contributed by atoms with E-state index in [0.717, 1.165) is 11.1 Å². The average Bonchev–Trinajstić information content (AvgIpc) is 2.80. The second kappa shape index (κ2) is 12.3. The SMILES string of the molecule is COc1ccc(NC(=O)C(c2ccc(C)c(C)c2)N(C(=O)C(CO)NC(=O)OC(C)(C)C)C(C)(C)C)cc1. The van der Waals surface area contributed by atoms with E-state index in [1.54, 1.807) is 72.9 Å². The van der Waals surface area contributed by atoms with Gasteiger partial charge in [-0.3, -0.25) is 9.59 Å². The van der Waals surface area contributed by atoms with E-state index in [1.165, 1.54) is 4.90 Å². The molecule has 0 aliphatic carbocycles. The summed E-state index contributed by atoms with van der Waals surface area (Å²) < 4.78 is 10.5. The number of rotatable bonds is 8. The summed E-state index contributed by atoms with van der Waals surface area (Å²) in [5.74, 6) is -0.436. The lowest BCUT2D eigenvalue weighted by atomic mass is 9.93. The predicted molar refractivity (Wildman–Crippen MR) is 147 cm³/mol. The number of carbonyl (C=O) groups is 3. The van der Waals surface area contributed by atoms with Crippen LogP contribution in [0.5, 0.6) is 5.75 Å². The molecule has 2 unspecified atom stereocenters. The highest BCUT2D eigenvalue weighted by Gasteiger charge is 2.42. The topological polar surface area (TPSA) is 117 Å². The molecule has 0 fully saturated rings. The molecule has 0 aliphatic rings. The molecule has 0 spiro atoms. The molecule has 0 saturated heterocycles. The van der Waals surface area contributed by atoms with Crippen LogP contribution in [0.15, 0.2) is 42.5 Å². The van der Waals surface area contributed by atoms with Crippen LogP contribution in [0.1, 0.15) is 64.3 Å². The van der Waals surface area contributed by atoms with E-state index in [1.807, 2.05) is 32.0 Å². The number of methoxy groups -OCH3 is 1. The quantitative estimate of drug-likeness (QED) is 0.465. The monoisotopic (exact) mass is 527 g/mol. The van der Waals surface area contributed by atoms with Gasteiger partial charge in [-0.05, 0) is 96.3 Å². The molecule has 38 heavy (non-hydrogen) atoms. The number of benzene rings is 2. The second-order valence-electron chi connectivity index (χ2n) is 11.2. The molecule has 9 heteroatoms. The van der Waals surface area contributed by atoms with Gasteiger partial charge in [0.05, 0.1) is 13.7 Å². The smallest absolute Gasteiger partial charge is 0.408 e. The third-order valence-electron chi connectivity index (χ3n) is 5.84.